The molecular weight excluding hydrogens is 438 g/mol. The van der Waals surface area contributed by atoms with Crippen LogP contribution in [0.3, 0.4) is 0 Å². The number of benzene rings is 2. The summed E-state index contributed by atoms with van der Waals surface area (Å²) in [5.41, 5.74) is 1.60. The molecule has 32 heavy (non-hydrogen) atoms. The second-order valence-electron chi connectivity index (χ2n) is 6.42. The van der Waals surface area contributed by atoms with Gasteiger partial charge in [0.1, 0.15) is 0 Å². The summed E-state index contributed by atoms with van der Waals surface area (Å²) in [6, 6.07) is 15.0. The molecule has 0 bridgehead atoms. The van der Waals surface area contributed by atoms with Gasteiger partial charge in [-0.2, -0.15) is 9.61 Å². The number of carbonyl (C=O) groups is 1. The molecule has 160 valence electrons. The van der Waals surface area contributed by atoms with Gasteiger partial charge in [-0.1, -0.05) is 30.0 Å². The molecule has 4 rings (SSSR count). The Morgan fingerprint density at radius 3 is 2.44 bits per heavy atom. The van der Waals surface area contributed by atoms with Crippen LogP contribution in [0.15, 0.2) is 65.8 Å². The van der Waals surface area contributed by atoms with Gasteiger partial charge in [-0.25, -0.2) is 0 Å². The molecule has 0 spiro atoms. The largest absolute Gasteiger partial charge is 0.325 e. The number of non-ortho nitro benzene ring substituents is 2. The number of fused-ring (bicyclic) bond motifs is 1. The lowest BCUT2D eigenvalue weighted by Crippen LogP contribution is -2.14. The Morgan fingerprint density at radius 1 is 0.969 bits per heavy atom. The summed E-state index contributed by atoms with van der Waals surface area (Å²) in [5.74, 6) is -0.422. The van der Waals surface area contributed by atoms with Crippen molar-refractivity contribution >= 4 is 40.4 Å². The lowest BCUT2D eigenvalue weighted by molar-refractivity contribution is -0.385. The SMILES string of the molecule is O=C(CSc1nnc2ccc(-c3cccc([N+](=O)[O-])c3)nn12)Nc1cccc([N+](=O)[O-])c1. The van der Waals surface area contributed by atoms with Crippen LogP contribution in [0, 0.1) is 20.2 Å². The maximum Gasteiger partial charge on any atom is 0.271 e. The van der Waals surface area contributed by atoms with Crippen LogP contribution in [0.4, 0.5) is 17.1 Å². The van der Waals surface area contributed by atoms with Gasteiger partial charge in [-0.15, -0.1) is 10.2 Å². The fraction of sp³-hybridized carbons (Fsp3) is 0.0526. The van der Waals surface area contributed by atoms with Crippen LogP contribution in [0.5, 0.6) is 0 Å². The fourth-order valence-electron chi connectivity index (χ4n) is 2.82. The number of aromatic nitrogens is 4. The average molecular weight is 451 g/mol. The van der Waals surface area contributed by atoms with Crippen molar-refractivity contribution in [1.82, 2.24) is 19.8 Å². The molecule has 0 aliphatic heterocycles. The standard InChI is InChI=1S/C19H13N7O5S/c27-18(20-13-4-2-6-15(10-13)26(30)31)11-32-19-22-21-17-8-7-16(23-24(17)19)12-3-1-5-14(9-12)25(28)29/h1-10H,11H2,(H,20,27). The van der Waals surface area contributed by atoms with Gasteiger partial charge in [-0.3, -0.25) is 25.0 Å². The van der Waals surface area contributed by atoms with Crippen LogP contribution >= 0.6 is 11.8 Å². The molecule has 0 saturated carbocycles. The number of hydrogen-bond donors (Lipinski definition) is 1. The third-order valence-corrected chi connectivity index (χ3v) is 5.18. The zero-order valence-corrected chi connectivity index (χ0v) is 16.9. The van der Waals surface area contributed by atoms with Crippen LogP contribution in [0.2, 0.25) is 0 Å². The Labute approximate surface area is 183 Å². The summed E-state index contributed by atoms with van der Waals surface area (Å²) < 4.78 is 1.44. The lowest BCUT2D eigenvalue weighted by Gasteiger charge is -2.05. The minimum absolute atomic E-state index is 0.0355. The van der Waals surface area contributed by atoms with Crippen LogP contribution in [-0.4, -0.2) is 41.3 Å². The number of anilines is 1. The molecule has 4 aromatic rings. The number of nitro benzene ring substituents is 2. The van der Waals surface area contributed by atoms with Crippen molar-refractivity contribution in [3.63, 3.8) is 0 Å². The van der Waals surface area contributed by atoms with E-state index in [9.17, 15) is 25.0 Å². The monoisotopic (exact) mass is 451 g/mol. The maximum atomic E-state index is 12.3. The van der Waals surface area contributed by atoms with E-state index in [1.165, 1.54) is 34.8 Å². The Bertz CT molecular complexity index is 1360. The van der Waals surface area contributed by atoms with Crippen LogP contribution < -0.4 is 5.32 Å². The molecule has 2 aromatic heterocycles. The Balaban J connectivity index is 1.50. The summed E-state index contributed by atoms with van der Waals surface area (Å²) in [4.78, 5) is 33.1. The molecule has 1 amide bonds. The topological polar surface area (TPSA) is 158 Å². The van der Waals surface area contributed by atoms with Crippen molar-refractivity contribution < 1.29 is 14.6 Å². The zero-order valence-electron chi connectivity index (χ0n) is 16.1. The maximum absolute atomic E-state index is 12.3. The summed E-state index contributed by atoms with van der Waals surface area (Å²) in [7, 11) is 0. The highest BCUT2D eigenvalue weighted by molar-refractivity contribution is 7.99. The molecule has 12 nitrogen and oxygen atoms in total. The number of hydrogen-bond acceptors (Lipinski definition) is 9. The Hall–Kier alpha value is -4.39. The molecule has 0 aliphatic carbocycles. The number of carbonyl (C=O) groups excluding carboxylic acids is 1. The van der Waals surface area contributed by atoms with Gasteiger partial charge >= 0.3 is 0 Å². The highest BCUT2D eigenvalue weighted by Crippen LogP contribution is 2.24. The van der Waals surface area contributed by atoms with Crippen molar-refractivity contribution in [3.8, 4) is 11.3 Å². The van der Waals surface area contributed by atoms with Gasteiger partial charge in [0, 0.05) is 35.5 Å². The Kier molecular flexibility index (Phi) is 5.72. The number of thioether (sulfide) groups is 1. The number of nitro groups is 2. The van der Waals surface area contributed by atoms with E-state index in [0.717, 1.165) is 11.8 Å². The van der Waals surface area contributed by atoms with E-state index in [2.05, 4.69) is 20.6 Å². The summed E-state index contributed by atoms with van der Waals surface area (Å²) in [6.07, 6.45) is 0. The molecule has 1 N–H and O–H groups in total. The molecule has 0 radical (unpaired) electrons. The van der Waals surface area contributed by atoms with Gasteiger partial charge in [0.05, 0.1) is 21.3 Å². The van der Waals surface area contributed by atoms with Gasteiger partial charge in [-0.05, 0) is 18.2 Å². The number of amides is 1. The normalized spacial score (nSPS) is 10.8. The van der Waals surface area contributed by atoms with E-state index < -0.39 is 9.85 Å². The van der Waals surface area contributed by atoms with Crippen molar-refractivity contribution in [2.24, 2.45) is 0 Å². The molecule has 0 fully saturated rings. The minimum atomic E-state index is -0.544. The molecule has 2 aromatic carbocycles. The summed E-state index contributed by atoms with van der Waals surface area (Å²) in [6.45, 7) is 0. The highest BCUT2D eigenvalue weighted by Gasteiger charge is 2.14. The van der Waals surface area contributed by atoms with E-state index in [1.54, 1.807) is 30.3 Å². The molecular formula is C19H13N7O5S. The average Bonchev–Trinajstić information content (AvgIpc) is 3.20. The van der Waals surface area contributed by atoms with E-state index >= 15 is 0 Å². The summed E-state index contributed by atoms with van der Waals surface area (Å²) in [5, 5.41) is 37.3. The van der Waals surface area contributed by atoms with E-state index in [4.69, 9.17) is 0 Å². The fourth-order valence-corrected chi connectivity index (χ4v) is 3.50. The first-order valence-corrected chi connectivity index (χ1v) is 10.0. The Morgan fingerprint density at radius 2 is 1.69 bits per heavy atom. The highest BCUT2D eigenvalue weighted by atomic mass is 32.2. The van der Waals surface area contributed by atoms with Gasteiger partial charge in [0.2, 0.25) is 11.1 Å². The van der Waals surface area contributed by atoms with Crippen LogP contribution in [0.1, 0.15) is 0 Å². The van der Waals surface area contributed by atoms with E-state index in [0.29, 0.717) is 27.7 Å². The molecule has 0 aliphatic rings. The van der Waals surface area contributed by atoms with E-state index in [-0.39, 0.29) is 23.0 Å². The third kappa shape index (κ3) is 4.52. The lowest BCUT2D eigenvalue weighted by atomic mass is 10.1. The quantitative estimate of drug-likeness (QED) is 0.252. The number of nitrogens with one attached hydrogen (secondary N) is 1. The first-order valence-electron chi connectivity index (χ1n) is 9.05. The number of rotatable bonds is 7. The second-order valence-corrected chi connectivity index (χ2v) is 7.37. The van der Waals surface area contributed by atoms with Crippen molar-refractivity contribution in [2.75, 3.05) is 11.1 Å². The molecule has 0 atom stereocenters. The van der Waals surface area contributed by atoms with Gasteiger partial charge in [0.25, 0.3) is 11.4 Å². The van der Waals surface area contributed by atoms with Crippen molar-refractivity contribution in [3.05, 3.63) is 80.9 Å². The molecule has 0 saturated heterocycles. The van der Waals surface area contributed by atoms with Gasteiger partial charge < -0.3 is 5.32 Å². The molecule has 13 heteroatoms. The zero-order chi connectivity index (χ0) is 22.7. The molecule has 0 unspecified atom stereocenters. The van der Waals surface area contributed by atoms with Crippen LogP contribution in [-0.2, 0) is 4.79 Å². The smallest absolute Gasteiger partial charge is 0.271 e. The second kappa shape index (κ2) is 8.77. The first kappa shape index (κ1) is 20.9. The predicted molar refractivity (Wildman–Crippen MR) is 115 cm³/mol. The molecule has 2 heterocycles. The minimum Gasteiger partial charge on any atom is -0.325 e. The third-order valence-electron chi connectivity index (χ3n) is 4.26. The van der Waals surface area contributed by atoms with Crippen molar-refractivity contribution in [1.29, 1.82) is 0 Å². The van der Waals surface area contributed by atoms with Crippen molar-refractivity contribution in [2.45, 2.75) is 5.16 Å². The van der Waals surface area contributed by atoms with Gasteiger partial charge in [0.15, 0.2) is 5.65 Å². The summed E-state index contributed by atoms with van der Waals surface area (Å²) >= 11 is 1.08. The van der Waals surface area contributed by atoms with E-state index in [1.807, 2.05) is 0 Å². The first-order chi connectivity index (χ1) is 15.4. The predicted octanol–water partition coefficient (Wildman–Crippen LogP) is 3.34. The van der Waals surface area contributed by atoms with Crippen LogP contribution in [0.25, 0.3) is 16.9 Å². The number of nitrogens with zero attached hydrogens (tertiary/aromatic N) is 6.